The number of ether oxygens (including phenoxy) is 1. The maximum absolute atomic E-state index is 13.6. The molecule has 40 heavy (non-hydrogen) atoms. The summed E-state index contributed by atoms with van der Waals surface area (Å²) in [6, 6.07) is 14.2. The lowest BCUT2D eigenvalue weighted by atomic mass is 9.88. The zero-order chi connectivity index (χ0) is 29.6. The second-order valence-electron chi connectivity index (χ2n) is 11.0. The fraction of sp³-hybridized carbons (Fsp3) is 0.433. The van der Waals surface area contributed by atoms with Crippen LogP contribution in [0.15, 0.2) is 53.3 Å². The molecule has 3 aromatic rings. The van der Waals surface area contributed by atoms with E-state index in [0.717, 1.165) is 5.69 Å². The van der Waals surface area contributed by atoms with Crippen molar-refractivity contribution in [1.29, 1.82) is 0 Å². The monoisotopic (exact) mass is 569 g/mol. The van der Waals surface area contributed by atoms with Crippen LogP contribution in [0.2, 0.25) is 5.02 Å². The molecule has 0 aliphatic heterocycles. The van der Waals surface area contributed by atoms with E-state index in [-0.39, 0.29) is 41.9 Å². The van der Waals surface area contributed by atoms with Crippen molar-refractivity contribution in [2.45, 2.75) is 40.0 Å². The van der Waals surface area contributed by atoms with Crippen LogP contribution in [0.3, 0.4) is 0 Å². The Bertz CT molecular complexity index is 1400. The lowest BCUT2D eigenvalue weighted by Gasteiger charge is -2.25. The molecule has 2 amide bonds. The summed E-state index contributed by atoms with van der Waals surface area (Å²) < 4.78 is 8.95. The van der Waals surface area contributed by atoms with Gasteiger partial charge in [-0.2, -0.15) is 0 Å². The number of anilines is 1. The molecule has 0 radical (unpaired) electrons. The Hall–Kier alpha value is -3.56. The van der Waals surface area contributed by atoms with Crippen LogP contribution in [0.1, 0.15) is 56.1 Å². The van der Waals surface area contributed by atoms with Crippen molar-refractivity contribution in [3.05, 3.63) is 75.2 Å². The molecular formula is C30H40ClN5O4. The van der Waals surface area contributed by atoms with Crippen molar-refractivity contribution < 1.29 is 14.3 Å². The number of hydrogen-bond acceptors (Lipinski definition) is 5. The van der Waals surface area contributed by atoms with E-state index in [9.17, 15) is 14.4 Å². The molecule has 0 aliphatic rings. The average molecular weight is 570 g/mol. The first-order valence-corrected chi connectivity index (χ1v) is 13.7. The Morgan fingerprint density at radius 2 is 1.80 bits per heavy atom. The van der Waals surface area contributed by atoms with Crippen LogP contribution >= 0.6 is 11.6 Å². The third kappa shape index (κ3) is 7.55. The van der Waals surface area contributed by atoms with Crippen LogP contribution in [0.5, 0.6) is 5.75 Å². The van der Waals surface area contributed by atoms with Crippen molar-refractivity contribution in [2.75, 3.05) is 39.1 Å². The summed E-state index contributed by atoms with van der Waals surface area (Å²) in [5.41, 5.74) is 1.16. The van der Waals surface area contributed by atoms with E-state index in [4.69, 9.17) is 16.3 Å². The molecule has 10 heteroatoms. The van der Waals surface area contributed by atoms with Gasteiger partial charge in [-0.15, -0.1) is 0 Å². The predicted octanol–water partition coefficient (Wildman–Crippen LogP) is 4.68. The summed E-state index contributed by atoms with van der Waals surface area (Å²) >= 11 is 6.10. The number of rotatable bonds is 12. The normalized spacial score (nSPS) is 12.3. The Morgan fingerprint density at radius 1 is 1.12 bits per heavy atom. The summed E-state index contributed by atoms with van der Waals surface area (Å²) in [5.74, 6) is -0.234. The topological polar surface area (TPSA) is 97.6 Å². The maximum atomic E-state index is 13.6. The van der Waals surface area contributed by atoms with E-state index in [0.29, 0.717) is 35.2 Å². The van der Waals surface area contributed by atoms with Gasteiger partial charge in [0.25, 0.3) is 11.5 Å². The summed E-state index contributed by atoms with van der Waals surface area (Å²) in [4.78, 5) is 41.9. The van der Waals surface area contributed by atoms with E-state index < -0.39 is 5.41 Å². The van der Waals surface area contributed by atoms with Gasteiger partial charge in [-0.05, 0) is 56.8 Å². The highest BCUT2D eigenvalue weighted by Crippen LogP contribution is 2.27. The van der Waals surface area contributed by atoms with E-state index in [1.54, 1.807) is 22.9 Å². The Balaban J connectivity index is 1.80. The van der Waals surface area contributed by atoms with Crippen LogP contribution < -0.4 is 20.9 Å². The van der Waals surface area contributed by atoms with E-state index in [2.05, 4.69) is 10.6 Å². The van der Waals surface area contributed by atoms with Gasteiger partial charge < -0.3 is 20.3 Å². The Labute approximate surface area is 241 Å². The molecule has 3 rings (SSSR count). The zero-order valence-corrected chi connectivity index (χ0v) is 25.1. The van der Waals surface area contributed by atoms with Crippen molar-refractivity contribution in [3.63, 3.8) is 0 Å². The van der Waals surface area contributed by atoms with E-state index in [1.807, 2.05) is 88.8 Å². The van der Waals surface area contributed by atoms with Gasteiger partial charge in [-0.1, -0.05) is 50.6 Å². The van der Waals surface area contributed by atoms with E-state index >= 15 is 0 Å². The first-order chi connectivity index (χ1) is 18.8. The van der Waals surface area contributed by atoms with Crippen molar-refractivity contribution in [2.24, 2.45) is 12.5 Å². The number of nitrogens with zero attached hydrogens (tertiary/aromatic N) is 3. The number of carbonyl (C=O) groups excluding carboxylic acids is 2. The second kappa shape index (κ2) is 13.2. The largest absolute Gasteiger partial charge is 0.493 e. The number of likely N-dealkylation sites (N-methyl/N-ethyl adjacent to an activating group) is 1. The minimum Gasteiger partial charge on any atom is -0.493 e. The number of hydrogen-bond donors (Lipinski definition) is 2. The molecule has 0 bridgehead atoms. The molecular weight excluding hydrogens is 530 g/mol. The molecule has 1 aromatic heterocycles. The number of halogens is 1. The summed E-state index contributed by atoms with van der Waals surface area (Å²) in [5, 5.41) is 6.24. The lowest BCUT2D eigenvalue weighted by Crippen LogP contribution is -2.37. The molecule has 216 valence electrons. The number of aromatic nitrogens is 2. The number of carbonyl (C=O) groups is 2. The molecule has 1 unspecified atom stereocenters. The van der Waals surface area contributed by atoms with Crippen LogP contribution in [0, 0.1) is 5.41 Å². The highest BCUT2D eigenvalue weighted by atomic mass is 35.5. The van der Waals surface area contributed by atoms with Gasteiger partial charge in [-0.25, -0.2) is 4.68 Å². The first kappa shape index (κ1) is 31.0. The minimum atomic E-state index is -0.604. The van der Waals surface area contributed by atoms with Gasteiger partial charge in [0.15, 0.2) is 0 Å². The Morgan fingerprint density at radius 3 is 2.42 bits per heavy atom. The van der Waals surface area contributed by atoms with Crippen LogP contribution in [0.25, 0.3) is 5.69 Å². The van der Waals surface area contributed by atoms with Crippen molar-refractivity contribution >= 4 is 29.1 Å². The van der Waals surface area contributed by atoms with Gasteiger partial charge in [0.05, 0.1) is 23.6 Å². The predicted molar refractivity (Wildman–Crippen MR) is 160 cm³/mol. The molecule has 0 saturated carbocycles. The van der Waals surface area contributed by atoms with Gasteiger partial charge in [-0.3, -0.25) is 19.1 Å². The minimum absolute atomic E-state index is 0.0301. The fourth-order valence-electron chi connectivity index (χ4n) is 4.85. The van der Waals surface area contributed by atoms with Crippen LogP contribution in [-0.4, -0.2) is 59.9 Å². The molecule has 2 N–H and O–H groups in total. The maximum Gasteiger partial charge on any atom is 0.295 e. The number of amides is 2. The standard InChI is InChI=1S/C30H40ClN5O4/c1-8-40-24-15-14-21(31)16-23(24)28(38)32-19-30(3,4)17-25(37)33-26-27(20(2)18-34(5)6)35(7)36(29(26)39)22-12-10-9-11-13-22/h9-16,20H,8,17-19H2,1-7H3,(H,32,38)(H,33,37). The summed E-state index contributed by atoms with van der Waals surface area (Å²) in [6.45, 7) is 8.98. The van der Waals surface area contributed by atoms with E-state index in [1.165, 1.54) is 0 Å². The summed E-state index contributed by atoms with van der Waals surface area (Å²) in [6.07, 6.45) is 0.0856. The smallest absolute Gasteiger partial charge is 0.295 e. The van der Waals surface area contributed by atoms with Crippen molar-refractivity contribution in [1.82, 2.24) is 19.6 Å². The highest BCUT2D eigenvalue weighted by Gasteiger charge is 2.28. The lowest BCUT2D eigenvalue weighted by molar-refractivity contribution is -0.118. The molecule has 1 heterocycles. The van der Waals surface area contributed by atoms with Gasteiger partial charge in [0.1, 0.15) is 11.4 Å². The summed E-state index contributed by atoms with van der Waals surface area (Å²) in [7, 11) is 5.77. The third-order valence-electron chi connectivity index (χ3n) is 6.53. The molecule has 0 aliphatic carbocycles. The zero-order valence-electron chi connectivity index (χ0n) is 24.4. The first-order valence-electron chi connectivity index (χ1n) is 13.4. The number of para-hydroxylation sites is 1. The van der Waals surface area contributed by atoms with Crippen molar-refractivity contribution in [3.8, 4) is 11.4 Å². The Kier molecular flexibility index (Phi) is 10.2. The van der Waals surface area contributed by atoms with Crippen LogP contribution in [-0.2, 0) is 11.8 Å². The molecule has 1 atom stereocenters. The fourth-order valence-corrected chi connectivity index (χ4v) is 5.03. The molecule has 2 aromatic carbocycles. The molecule has 0 spiro atoms. The highest BCUT2D eigenvalue weighted by molar-refractivity contribution is 6.31. The number of benzene rings is 2. The average Bonchev–Trinajstić information content (AvgIpc) is 3.12. The van der Waals surface area contributed by atoms with Gasteiger partial charge in [0.2, 0.25) is 5.91 Å². The molecule has 0 saturated heterocycles. The molecule has 9 nitrogen and oxygen atoms in total. The third-order valence-corrected chi connectivity index (χ3v) is 6.77. The second-order valence-corrected chi connectivity index (χ2v) is 11.5. The quantitative estimate of drug-likeness (QED) is 0.330. The molecule has 0 fully saturated rings. The van der Waals surface area contributed by atoms with Gasteiger partial charge >= 0.3 is 0 Å². The van der Waals surface area contributed by atoms with Crippen LogP contribution in [0.4, 0.5) is 5.69 Å². The van der Waals surface area contributed by atoms with Gasteiger partial charge in [0, 0.05) is 37.5 Å². The SMILES string of the molecule is CCOc1ccc(Cl)cc1C(=O)NCC(C)(C)CC(=O)Nc1c(C(C)CN(C)C)n(C)n(-c2ccccc2)c1=O. The number of nitrogens with one attached hydrogen (secondary N) is 2.